The number of carboxylic acid groups (broad SMARTS) is 1. The lowest BCUT2D eigenvalue weighted by Crippen LogP contribution is -2.38. The highest BCUT2D eigenvalue weighted by Gasteiger charge is 2.26. The van der Waals surface area contributed by atoms with Crippen molar-refractivity contribution in [2.24, 2.45) is 0 Å². The first-order valence-electron chi connectivity index (χ1n) is 7.68. The van der Waals surface area contributed by atoms with E-state index in [0.717, 1.165) is 42.8 Å². The Morgan fingerprint density at radius 3 is 2.91 bits per heavy atom. The van der Waals surface area contributed by atoms with Gasteiger partial charge in [0, 0.05) is 23.7 Å². The zero-order valence-electron chi connectivity index (χ0n) is 12.7. The quantitative estimate of drug-likeness (QED) is 0.910. The first kappa shape index (κ1) is 14.8. The topological polar surface area (TPSA) is 69.2 Å². The SMILES string of the molecule is Cc1ccc(-c2cn[nH]c2C2CCCN(CC(=O)O)C2)cc1. The lowest BCUT2D eigenvalue weighted by atomic mass is 9.90. The zero-order chi connectivity index (χ0) is 15.5. The fourth-order valence-electron chi connectivity index (χ4n) is 3.20. The lowest BCUT2D eigenvalue weighted by molar-refractivity contribution is -0.138. The molecule has 1 unspecified atom stereocenters. The Labute approximate surface area is 130 Å². The number of benzene rings is 1. The molecule has 1 saturated heterocycles. The third-order valence-corrected chi connectivity index (χ3v) is 4.30. The summed E-state index contributed by atoms with van der Waals surface area (Å²) in [7, 11) is 0. The van der Waals surface area contributed by atoms with Crippen molar-refractivity contribution in [3.63, 3.8) is 0 Å². The van der Waals surface area contributed by atoms with Crippen LogP contribution in [0.25, 0.3) is 11.1 Å². The molecule has 1 aromatic heterocycles. The fraction of sp³-hybridized carbons (Fsp3) is 0.412. The number of aryl methyl sites for hydroxylation is 1. The minimum atomic E-state index is -0.760. The van der Waals surface area contributed by atoms with Gasteiger partial charge < -0.3 is 5.11 Å². The van der Waals surface area contributed by atoms with E-state index in [4.69, 9.17) is 5.11 Å². The van der Waals surface area contributed by atoms with E-state index < -0.39 is 5.97 Å². The van der Waals surface area contributed by atoms with Gasteiger partial charge in [0.2, 0.25) is 0 Å². The van der Waals surface area contributed by atoms with Gasteiger partial charge in [-0.3, -0.25) is 14.8 Å². The van der Waals surface area contributed by atoms with Crippen LogP contribution in [-0.4, -0.2) is 45.8 Å². The van der Waals surface area contributed by atoms with Gasteiger partial charge in [0.25, 0.3) is 0 Å². The Hall–Kier alpha value is -2.14. The van der Waals surface area contributed by atoms with Crippen LogP contribution >= 0.6 is 0 Å². The predicted molar refractivity (Wildman–Crippen MR) is 84.8 cm³/mol. The van der Waals surface area contributed by atoms with Crippen molar-refractivity contribution >= 4 is 5.97 Å². The Bertz CT molecular complexity index is 648. The smallest absolute Gasteiger partial charge is 0.317 e. The molecule has 0 aliphatic carbocycles. The van der Waals surface area contributed by atoms with Crippen molar-refractivity contribution in [2.45, 2.75) is 25.7 Å². The number of hydrogen-bond acceptors (Lipinski definition) is 3. The molecule has 3 rings (SSSR count). The molecule has 5 heteroatoms. The van der Waals surface area contributed by atoms with Gasteiger partial charge in [-0.2, -0.15) is 5.10 Å². The number of aromatic amines is 1. The zero-order valence-corrected chi connectivity index (χ0v) is 12.7. The number of carbonyl (C=O) groups is 1. The van der Waals surface area contributed by atoms with Crippen LogP contribution in [0.15, 0.2) is 30.5 Å². The van der Waals surface area contributed by atoms with Crippen molar-refractivity contribution in [1.82, 2.24) is 15.1 Å². The van der Waals surface area contributed by atoms with Gasteiger partial charge in [-0.25, -0.2) is 0 Å². The number of piperidine rings is 1. The van der Waals surface area contributed by atoms with Gasteiger partial charge in [0.05, 0.1) is 12.7 Å². The summed E-state index contributed by atoms with van der Waals surface area (Å²) in [5.41, 5.74) is 4.64. The minimum Gasteiger partial charge on any atom is -0.480 e. The third kappa shape index (κ3) is 3.20. The molecule has 22 heavy (non-hydrogen) atoms. The summed E-state index contributed by atoms with van der Waals surface area (Å²) in [6, 6.07) is 8.43. The van der Waals surface area contributed by atoms with Crippen LogP contribution in [0.3, 0.4) is 0 Å². The van der Waals surface area contributed by atoms with Crippen LogP contribution in [-0.2, 0) is 4.79 Å². The number of carboxylic acids is 1. The predicted octanol–water partition coefficient (Wildman–Crippen LogP) is 2.65. The van der Waals surface area contributed by atoms with Gasteiger partial charge in [-0.05, 0) is 31.9 Å². The van der Waals surface area contributed by atoms with Gasteiger partial charge in [-0.1, -0.05) is 29.8 Å². The van der Waals surface area contributed by atoms with Crippen molar-refractivity contribution < 1.29 is 9.90 Å². The molecule has 1 aromatic carbocycles. The van der Waals surface area contributed by atoms with Gasteiger partial charge in [-0.15, -0.1) is 0 Å². The van der Waals surface area contributed by atoms with E-state index in [2.05, 4.69) is 41.4 Å². The summed E-state index contributed by atoms with van der Waals surface area (Å²) >= 11 is 0. The molecule has 0 bridgehead atoms. The molecule has 2 heterocycles. The molecule has 0 spiro atoms. The minimum absolute atomic E-state index is 0.116. The molecular weight excluding hydrogens is 278 g/mol. The van der Waals surface area contributed by atoms with Crippen molar-refractivity contribution in [1.29, 1.82) is 0 Å². The Morgan fingerprint density at radius 2 is 2.18 bits per heavy atom. The summed E-state index contributed by atoms with van der Waals surface area (Å²) in [5, 5.41) is 16.3. The molecule has 1 atom stereocenters. The summed E-state index contributed by atoms with van der Waals surface area (Å²) < 4.78 is 0. The summed E-state index contributed by atoms with van der Waals surface area (Å²) in [4.78, 5) is 12.9. The maximum absolute atomic E-state index is 10.9. The molecule has 0 radical (unpaired) electrons. The normalized spacial score (nSPS) is 19.2. The van der Waals surface area contributed by atoms with Crippen LogP contribution in [0.5, 0.6) is 0 Å². The molecule has 5 nitrogen and oxygen atoms in total. The summed E-state index contributed by atoms with van der Waals surface area (Å²) in [6.07, 6.45) is 3.96. The van der Waals surface area contributed by atoms with Crippen molar-refractivity contribution in [2.75, 3.05) is 19.6 Å². The maximum atomic E-state index is 10.9. The van der Waals surface area contributed by atoms with E-state index >= 15 is 0 Å². The molecule has 1 fully saturated rings. The van der Waals surface area contributed by atoms with Gasteiger partial charge in [0.1, 0.15) is 0 Å². The van der Waals surface area contributed by atoms with E-state index in [1.54, 1.807) is 0 Å². The van der Waals surface area contributed by atoms with E-state index in [9.17, 15) is 4.79 Å². The number of hydrogen-bond donors (Lipinski definition) is 2. The number of aromatic nitrogens is 2. The number of likely N-dealkylation sites (tertiary alicyclic amines) is 1. The number of aliphatic carboxylic acids is 1. The van der Waals surface area contributed by atoms with Crippen LogP contribution < -0.4 is 0 Å². The largest absolute Gasteiger partial charge is 0.480 e. The third-order valence-electron chi connectivity index (χ3n) is 4.30. The number of nitrogens with one attached hydrogen (secondary N) is 1. The lowest BCUT2D eigenvalue weighted by Gasteiger charge is -2.31. The van der Waals surface area contributed by atoms with Crippen LogP contribution in [0, 0.1) is 6.92 Å². The van der Waals surface area contributed by atoms with Crippen LogP contribution in [0.1, 0.15) is 30.0 Å². The van der Waals surface area contributed by atoms with E-state index in [1.165, 1.54) is 5.56 Å². The number of nitrogens with zero attached hydrogens (tertiary/aromatic N) is 2. The maximum Gasteiger partial charge on any atom is 0.317 e. The van der Waals surface area contributed by atoms with Crippen molar-refractivity contribution in [3.8, 4) is 11.1 Å². The average molecular weight is 299 g/mol. The van der Waals surface area contributed by atoms with Crippen molar-refractivity contribution in [3.05, 3.63) is 41.7 Å². The highest BCUT2D eigenvalue weighted by molar-refractivity contribution is 5.69. The molecular formula is C17H21N3O2. The van der Waals surface area contributed by atoms with E-state index in [-0.39, 0.29) is 6.54 Å². The Morgan fingerprint density at radius 1 is 1.41 bits per heavy atom. The Kier molecular flexibility index (Phi) is 4.24. The standard InChI is InChI=1S/C17H21N3O2/c1-12-4-6-13(7-5-12)15-9-18-19-17(15)14-3-2-8-20(10-14)11-16(21)22/h4-7,9,14H,2-3,8,10-11H2,1H3,(H,18,19)(H,21,22). The van der Waals surface area contributed by atoms with Gasteiger partial charge in [0.15, 0.2) is 0 Å². The fourth-order valence-corrected chi connectivity index (χ4v) is 3.20. The second-order valence-electron chi connectivity index (χ2n) is 6.03. The van der Waals surface area contributed by atoms with E-state index in [0.29, 0.717) is 5.92 Å². The Balaban J connectivity index is 1.82. The number of rotatable bonds is 4. The molecule has 1 aliphatic rings. The molecule has 1 aliphatic heterocycles. The number of H-pyrrole nitrogens is 1. The molecule has 2 N–H and O–H groups in total. The highest BCUT2D eigenvalue weighted by Crippen LogP contribution is 2.32. The second-order valence-corrected chi connectivity index (χ2v) is 6.03. The van der Waals surface area contributed by atoms with Gasteiger partial charge >= 0.3 is 5.97 Å². The van der Waals surface area contributed by atoms with E-state index in [1.807, 2.05) is 11.1 Å². The second kappa shape index (κ2) is 6.32. The molecule has 2 aromatic rings. The highest BCUT2D eigenvalue weighted by atomic mass is 16.4. The van der Waals surface area contributed by atoms with Crippen LogP contribution in [0.2, 0.25) is 0 Å². The first-order valence-corrected chi connectivity index (χ1v) is 7.68. The molecule has 0 saturated carbocycles. The summed E-state index contributed by atoms with van der Waals surface area (Å²) in [5.74, 6) is -0.448. The molecule has 116 valence electrons. The average Bonchev–Trinajstić information content (AvgIpc) is 2.97. The summed E-state index contributed by atoms with van der Waals surface area (Å²) in [6.45, 7) is 3.82. The molecule has 0 amide bonds. The monoisotopic (exact) mass is 299 g/mol. The first-order chi connectivity index (χ1) is 10.6. The van der Waals surface area contributed by atoms with Crippen LogP contribution in [0.4, 0.5) is 0 Å².